The van der Waals surface area contributed by atoms with Gasteiger partial charge in [0.25, 0.3) is 0 Å². The van der Waals surface area contributed by atoms with E-state index in [0.717, 1.165) is 77.0 Å². The molecule has 0 heterocycles. The number of rotatable bonds is 35. The third-order valence-corrected chi connectivity index (χ3v) is 8.51. The number of phosphoric ester groups is 1. The molecule has 0 aromatic heterocycles. The van der Waals surface area contributed by atoms with Gasteiger partial charge in [-0.1, -0.05) is 131 Å². The highest BCUT2D eigenvalue weighted by atomic mass is 31.2. The Balaban J connectivity index is 4.38. The second kappa shape index (κ2) is 37.9. The first-order valence-electron chi connectivity index (χ1n) is 19.6. The van der Waals surface area contributed by atoms with E-state index in [9.17, 15) is 19.0 Å². The number of carbonyl (C=O) groups excluding carboxylic acids is 2. The summed E-state index contributed by atoms with van der Waals surface area (Å²) in [5, 5.41) is 0. The lowest BCUT2D eigenvalue weighted by atomic mass is 10.1. The molecule has 296 valence electrons. The molecule has 1 unspecified atom stereocenters. The molecule has 0 spiro atoms. The molecule has 3 N–H and O–H groups in total. The van der Waals surface area contributed by atoms with Crippen molar-refractivity contribution in [1.29, 1.82) is 0 Å². The Bertz CT molecular complexity index is 1130. The highest BCUT2D eigenvalue weighted by Gasteiger charge is 2.25. The van der Waals surface area contributed by atoms with Crippen LogP contribution in [0.25, 0.3) is 0 Å². The number of hydrogen-bond donors (Lipinski definition) is 2. The van der Waals surface area contributed by atoms with Crippen LogP contribution in [-0.4, -0.2) is 49.3 Å². The SMILES string of the molecule is CC/C=C\C/C=C\C/C=C\C/C=C\C/C=C\C/C=C\CCC(=O)O[C@H](COC(=O)CCCCCCC/C=C\CCCCC)COP(=O)(O)OCCN. The summed E-state index contributed by atoms with van der Waals surface area (Å²) in [6.45, 7) is 3.46. The van der Waals surface area contributed by atoms with Crippen LogP contribution in [0.3, 0.4) is 0 Å². The summed E-state index contributed by atoms with van der Waals surface area (Å²) in [6, 6.07) is 0. The molecule has 9 nitrogen and oxygen atoms in total. The van der Waals surface area contributed by atoms with Gasteiger partial charge in [0.15, 0.2) is 6.10 Å². The van der Waals surface area contributed by atoms with Crippen molar-refractivity contribution in [2.24, 2.45) is 5.73 Å². The molecular weight excluding hydrogens is 677 g/mol. The van der Waals surface area contributed by atoms with E-state index in [1.807, 2.05) is 12.2 Å². The normalized spacial score (nSPS) is 14.3. The zero-order valence-electron chi connectivity index (χ0n) is 32.3. The van der Waals surface area contributed by atoms with Crippen molar-refractivity contribution in [2.75, 3.05) is 26.4 Å². The molecule has 0 bridgehead atoms. The smallest absolute Gasteiger partial charge is 0.462 e. The lowest BCUT2D eigenvalue weighted by Gasteiger charge is -2.19. The minimum absolute atomic E-state index is 0.0364. The quantitative estimate of drug-likeness (QED) is 0.0281. The largest absolute Gasteiger partial charge is 0.472 e. The van der Waals surface area contributed by atoms with E-state index in [4.69, 9.17) is 24.3 Å². The Morgan fingerprint density at radius 2 is 1.10 bits per heavy atom. The average Bonchev–Trinajstić information content (AvgIpc) is 3.13. The highest BCUT2D eigenvalue weighted by Crippen LogP contribution is 2.43. The van der Waals surface area contributed by atoms with Gasteiger partial charge in [0, 0.05) is 19.4 Å². The molecule has 0 rings (SSSR count). The van der Waals surface area contributed by atoms with E-state index >= 15 is 0 Å². The first-order valence-corrected chi connectivity index (χ1v) is 21.1. The summed E-state index contributed by atoms with van der Waals surface area (Å²) >= 11 is 0. The number of carbonyl (C=O) groups is 2. The second-order valence-corrected chi connectivity index (χ2v) is 13.9. The first kappa shape index (κ1) is 49.2. The van der Waals surface area contributed by atoms with Gasteiger partial charge in [0.1, 0.15) is 6.61 Å². The van der Waals surface area contributed by atoms with Crippen LogP contribution >= 0.6 is 7.82 Å². The van der Waals surface area contributed by atoms with E-state index in [1.165, 1.54) is 19.3 Å². The molecule has 0 saturated carbocycles. The van der Waals surface area contributed by atoms with Gasteiger partial charge >= 0.3 is 19.8 Å². The predicted octanol–water partition coefficient (Wildman–Crippen LogP) is 10.9. The van der Waals surface area contributed by atoms with Gasteiger partial charge in [-0.15, -0.1) is 0 Å². The van der Waals surface area contributed by atoms with Crippen LogP contribution in [0.1, 0.15) is 136 Å². The first-order chi connectivity index (χ1) is 25.3. The minimum Gasteiger partial charge on any atom is -0.462 e. The molecule has 0 aliphatic carbocycles. The standard InChI is InChI=1S/C42H70NO8P/c1-3-5-7-9-11-13-15-17-18-19-20-21-22-23-25-27-29-31-33-35-42(45)51-40(39-50-52(46,47)49-37-36-43)38-48-41(44)34-32-30-28-26-24-16-14-12-10-8-6-4-2/h5,7,11-14,17-18,20-21,23,25,29,31,40H,3-4,6,8-10,15-16,19,22,24,26-28,30,32-39,43H2,1-2H3,(H,46,47)/b7-5-,13-11-,14-12-,18-17-,21-20-,25-23-,31-29-/t40-/m1/s1. The van der Waals surface area contributed by atoms with Gasteiger partial charge in [-0.3, -0.25) is 18.6 Å². The van der Waals surface area contributed by atoms with Gasteiger partial charge in [0.05, 0.1) is 13.2 Å². The summed E-state index contributed by atoms with van der Waals surface area (Å²) in [6.07, 6.45) is 46.3. The van der Waals surface area contributed by atoms with E-state index in [-0.39, 0.29) is 32.6 Å². The maximum atomic E-state index is 12.5. The van der Waals surface area contributed by atoms with Crippen molar-refractivity contribution in [1.82, 2.24) is 0 Å². The highest BCUT2D eigenvalue weighted by molar-refractivity contribution is 7.47. The topological polar surface area (TPSA) is 134 Å². The zero-order valence-corrected chi connectivity index (χ0v) is 33.1. The van der Waals surface area contributed by atoms with Crippen LogP contribution in [0.4, 0.5) is 0 Å². The summed E-state index contributed by atoms with van der Waals surface area (Å²) in [5.41, 5.74) is 5.33. The predicted molar refractivity (Wildman–Crippen MR) is 215 cm³/mol. The number of nitrogens with two attached hydrogens (primary N) is 1. The van der Waals surface area contributed by atoms with Crippen LogP contribution in [0, 0.1) is 0 Å². The Hall–Kier alpha value is -2.81. The van der Waals surface area contributed by atoms with E-state index < -0.39 is 32.5 Å². The lowest BCUT2D eigenvalue weighted by Crippen LogP contribution is -2.29. The number of unbranched alkanes of at least 4 members (excludes halogenated alkanes) is 8. The molecule has 0 aromatic rings. The van der Waals surface area contributed by atoms with Gasteiger partial charge in [-0.25, -0.2) is 4.57 Å². The van der Waals surface area contributed by atoms with E-state index in [0.29, 0.717) is 12.8 Å². The molecule has 0 saturated heterocycles. The van der Waals surface area contributed by atoms with Crippen LogP contribution in [-0.2, 0) is 32.7 Å². The molecule has 0 amide bonds. The number of hydrogen-bond acceptors (Lipinski definition) is 8. The van der Waals surface area contributed by atoms with Crippen molar-refractivity contribution in [2.45, 2.75) is 142 Å². The van der Waals surface area contributed by atoms with Gasteiger partial charge in [-0.05, 0) is 77.0 Å². The molecule has 2 atom stereocenters. The Kier molecular flexibility index (Phi) is 35.9. The molecule has 0 radical (unpaired) electrons. The zero-order chi connectivity index (χ0) is 38.2. The van der Waals surface area contributed by atoms with Crippen LogP contribution in [0.5, 0.6) is 0 Å². The maximum Gasteiger partial charge on any atom is 0.472 e. The van der Waals surface area contributed by atoms with Gasteiger partial charge in [-0.2, -0.15) is 0 Å². The molecule has 10 heteroatoms. The summed E-state index contributed by atoms with van der Waals surface area (Å²) in [5.74, 6) is -0.948. The monoisotopic (exact) mass is 747 g/mol. The van der Waals surface area contributed by atoms with Crippen molar-refractivity contribution in [3.8, 4) is 0 Å². The van der Waals surface area contributed by atoms with E-state index in [2.05, 4.69) is 86.8 Å². The molecule has 0 aromatic carbocycles. The van der Waals surface area contributed by atoms with Crippen LogP contribution in [0.15, 0.2) is 85.1 Å². The summed E-state index contributed by atoms with van der Waals surface area (Å²) in [7, 11) is -4.40. The third-order valence-electron chi connectivity index (χ3n) is 7.53. The molecule has 52 heavy (non-hydrogen) atoms. The van der Waals surface area contributed by atoms with Crippen molar-refractivity contribution in [3.63, 3.8) is 0 Å². The lowest BCUT2D eigenvalue weighted by molar-refractivity contribution is -0.161. The number of ether oxygens (including phenoxy) is 2. The molecule has 0 aliphatic rings. The van der Waals surface area contributed by atoms with Gasteiger partial charge in [0.2, 0.25) is 0 Å². The van der Waals surface area contributed by atoms with Crippen LogP contribution in [0.2, 0.25) is 0 Å². The third kappa shape index (κ3) is 37.0. The molecular formula is C42H70NO8P. The summed E-state index contributed by atoms with van der Waals surface area (Å²) < 4.78 is 32.6. The Labute approximate surface area is 315 Å². The average molecular weight is 748 g/mol. The molecule has 0 fully saturated rings. The number of phosphoric acid groups is 1. The fourth-order valence-corrected chi connectivity index (χ4v) is 5.42. The fourth-order valence-electron chi connectivity index (χ4n) is 4.65. The van der Waals surface area contributed by atoms with Crippen molar-refractivity contribution in [3.05, 3.63) is 85.1 Å². The Morgan fingerprint density at radius 3 is 1.65 bits per heavy atom. The van der Waals surface area contributed by atoms with E-state index in [1.54, 1.807) is 0 Å². The van der Waals surface area contributed by atoms with Crippen molar-refractivity contribution >= 4 is 19.8 Å². The van der Waals surface area contributed by atoms with Crippen molar-refractivity contribution < 1.29 is 37.6 Å². The molecule has 0 aliphatic heterocycles. The minimum atomic E-state index is -4.40. The van der Waals surface area contributed by atoms with Gasteiger partial charge < -0.3 is 20.1 Å². The maximum absolute atomic E-state index is 12.5. The summed E-state index contributed by atoms with van der Waals surface area (Å²) in [4.78, 5) is 34.7. The Morgan fingerprint density at radius 1 is 0.596 bits per heavy atom. The number of allylic oxidation sites excluding steroid dienone is 14. The fraction of sp³-hybridized carbons (Fsp3) is 0.619. The number of esters is 2. The van der Waals surface area contributed by atoms with Crippen LogP contribution < -0.4 is 5.73 Å². The second-order valence-electron chi connectivity index (χ2n) is 12.4.